The smallest absolute Gasteiger partial charge is 0.263 e. The normalized spacial score (nSPS) is 10.8. The van der Waals surface area contributed by atoms with E-state index in [9.17, 15) is 4.79 Å². The van der Waals surface area contributed by atoms with Crippen LogP contribution in [-0.2, 0) is 0 Å². The molecule has 1 N–H and O–H groups in total. The molecule has 1 aromatic heterocycles. The van der Waals surface area contributed by atoms with E-state index in [1.807, 2.05) is 44.2 Å². The quantitative estimate of drug-likeness (QED) is 0.485. The van der Waals surface area contributed by atoms with Gasteiger partial charge in [-0.1, -0.05) is 12.1 Å². The number of oxazole rings is 1. The third kappa shape index (κ3) is 3.59. The molecule has 30 heavy (non-hydrogen) atoms. The van der Waals surface area contributed by atoms with Crippen molar-refractivity contribution in [3.05, 3.63) is 71.3 Å². The second-order valence-electron chi connectivity index (χ2n) is 7.00. The number of rotatable bonds is 5. The minimum absolute atomic E-state index is 0.328. The van der Waals surface area contributed by atoms with E-state index in [1.165, 1.54) is 14.2 Å². The number of anilines is 1. The molecule has 4 rings (SSSR count). The van der Waals surface area contributed by atoms with Crippen LogP contribution >= 0.6 is 0 Å². The fraction of sp³-hybridized carbons (Fsp3) is 0.167. The van der Waals surface area contributed by atoms with Gasteiger partial charge in [-0.05, 0) is 67.4 Å². The van der Waals surface area contributed by atoms with Crippen molar-refractivity contribution in [2.75, 3.05) is 19.5 Å². The zero-order chi connectivity index (χ0) is 21.3. The number of nitrogens with zero attached hydrogens (tertiary/aromatic N) is 1. The lowest BCUT2D eigenvalue weighted by Crippen LogP contribution is -2.14. The Bertz CT molecular complexity index is 1180. The average Bonchev–Trinajstić information content (AvgIpc) is 3.16. The van der Waals surface area contributed by atoms with Crippen LogP contribution < -0.4 is 14.8 Å². The summed E-state index contributed by atoms with van der Waals surface area (Å²) in [6.45, 7) is 4.09. The highest BCUT2D eigenvalue weighted by molar-refractivity contribution is 6.08. The number of nitrogens with one attached hydrogen (secondary N) is 1. The van der Waals surface area contributed by atoms with Crippen molar-refractivity contribution in [1.29, 1.82) is 0 Å². The number of aryl methyl sites for hydroxylation is 2. The summed E-state index contributed by atoms with van der Waals surface area (Å²) in [4.78, 5) is 17.5. The second-order valence-corrected chi connectivity index (χ2v) is 7.00. The van der Waals surface area contributed by atoms with Gasteiger partial charge in [0.15, 0.2) is 5.58 Å². The molecule has 152 valence electrons. The van der Waals surface area contributed by atoms with Crippen LogP contribution in [0, 0.1) is 13.8 Å². The standard InChI is InChI=1S/C24H22N2O4/c1-14-11-18-21(12-15(14)2)30-24(26-18)16-7-5-8-17(13-16)25-23(27)22-19(28-3)9-6-10-20(22)29-4/h5-13H,1-4H3,(H,25,27). The number of hydrogen-bond acceptors (Lipinski definition) is 5. The molecule has 1 heterocycles. The molecule has 6 nitrogen and oxygen atoms in total. The number of hydrogen-bond donors (Lipinski definition) is 1. The number of carbonyl (C=O) groups is 1. The van der Waals surface area contributed by atoms with Crippen LogP contribution in [0.1, 0.15) is 21.5 Å². The number of benzene rings is 3. The Morgan fingerprint density at radius 1 is 0.933 bits per heavy atom. The summed E-state index contributed by atoms with van der Waals surface area (Å²) in [5.41, 5.74) is 5.57. The Morgan fingerprint density at radius 3 is 2.30 bits per heavy atom. The number of methoxy groups -OCH3 is 2. The van der Waals surface area contributed by atoms with Gasteiger partial charge in [0.25, 0.3) is 5.91 Å². The molecule has 3 aromatic carbocycles. The largest absolute Gasteiger partial charge is 0.496 e. The van der Waals surface area contributed by atoms with E-state index < -0.39 is 0 Å². The summed E-state index contributed by atoms with van der Waals surface area (Å²) in [7, 11) is 3.03. The molecule has 0 atom stereocenters. The topological polar surface area (TPSA) is 73.6 Å². The van der Waals surface area contributed by atoms with Gasteiger partial charge in [-0.2, -0.15) is 0 Å². The summed E-state index contributed by atoms with van der Waals surface area (Å²) >= 11 is 0. The van der Waals surface area contributed by atoms with Crippen molar-refractivity contribution in [2.24, 2.45) is 0 Å². The molecule has 6 heteroatoms. The summed E-state index contributed by atoms with van der Waals surface area (Å²) < 4.78 is 16.6. The molecule has 4 aromatic rings. The lowest BCUT2D eigenvalue weighted by Gasteiger charge is -2.13. The van der Waals surface area contributed by atoms with Crippen molar-refractivity contribution in [2.45, 2.75) is 13.8 Å². The molecule has 1 amide bonds. The van der Waals surface area contributed by atoms with Gasteiger partial charge >= 0.3 is 0 Å². The maximum atomic E-state index is 12.9. The summed E-state index contributed by atoms with van der Waals surface area (Å²) in [5, 5.41) is 2.90. The van der Waals surface area contributed by atoms with Crippen molar-refractivity contribution in [1.82, 2.24) is 4.98 Å². The Labute approximate surface area is 174 Å². The molecule has 0 radical (unpaired) electrons. The predicted octanol–water partition coefficient (Wildman–Crippen LogP) is 5.38. The summed E-state index contributed by atoms with van der Waals surface area (Å²) in [6.07, 6.45) is 0. The summed E-state index contributed by atoms with van der Waals surface area (Å²) in [6, 6.07) is 16.6. The van der Waals surface area contributed by atoms with E-state index in [0.717, 1.165) is 27.8 Å². The lowest BCUT2D eigenvalue weighted by molar-refractivity contribution is 0.102. The van der Waals surface area contributed by atoms with E-state index in [1.54, 1.807) is 24.3 Å². The number of aromatic nitrogens is 1. The van der Waals surface area contributed by atoms with Crippen LogP contribution in [0.15, 0.2) is 59.0 Å². The van der Waals surface area contributed by atoms with E-state index >= 15 is 0 Å². The molecule has 0 unspecified atom stereocenters. The third-order valence-corrected chi connectivity index (χ3v) is 5.03. The van der Waals surface area contributed by atoms with Gasteiger partial charge in [-0.15, -0.1) is 0 Å². The van der Waals surface area contributed by atoms with Gasteiger partial charge in [0.2, 0.25) is 5.89 Å². The third-order valence-electron chi connectivity index (χ3n) is 5.03. The number of amides is 1. The van der Waals surface area contributed by atoms with Crippen molar-refractivity contribution >= 4 is 22.7 Å². The number of carbonyl (C=O) groups excluding carboxylic acids is 1. The van der Waals surface area contributed by atoms with Crippen LogP contribution in [0.2, 0.25) is 0 Å². The predicted molar refractivity (Wildman–Crippen MR) is 116 cm³/mol. The molecular formula is C24H22N2O4. The highest BCUT2D eigenvalue weighted by atomic mass is 16.5. The van der Waals surface area contributed by atoms with Gasteiger partial charge in [0.05, 0.1) is 14.2 Å². The van der Waals surface area contributed by atoms with E-state index in [0.29, 0.717) is 28.6 Å². The van der Waals surface area contributed by atoms with E-state index in [-0.39, 0.29) is 5.91 Å². The van der Waals surface area contributed by atoms with Gasteiger partial charge < -0.3 is 19.2 Å². The van der Waals surface area contributed by atoms with Crippen molar-refractivity contribution < 1.29 is 18.7 Å². The highest BCUT2D eigenvalue weighted by Crippen LogP contribution is 2.31. The first-order valence-corrected chi connectivity index (χ1v) is 9.50. The first-order chi connectivity index (χ1) is 14.5. The van der Waals surface area contributed by atoms with Crippen LogP contribution in [0.25, 0.3) is 22.6 Å². The SMILES string of the molecule is COc1cccc(OC)c1C(=O)Nc1cccc(-c2nc3cc(C)c(C)cc3o2)c1. The first kappa shape index (κ1) is 19.5. The first-order valence-electron chi connectivity index (χ1n) is 9.50. The molecular weight excluding hydrogens is 380 g/mol. The van der Waals surface area contributed by atoms with Gasteiger partial charge in [-0.3, -0.25) is 4.79 Å². The molecule has 0 bridgehead atoms. The molecule has 0 saturated carbocycles. The van der Waals surface area contributed by atoms with E-state index in [2.05, 4.69) is 10.3 Å². The zero-order valence-electron chi connectivity index (χ0n) is 17.3. The van der Waals surface area contributed by atoms with Gasteiger partial charge in [0, 0.05) is 11.3 Å². The Hall–Kier alpha value is -3.80. The molecule has 0 aliphatic carbocycles. The molecule has 0 spiro atoms. The fourth-order valence-electron chi connectivity index (χ4n) is 3.30. The molecule has 0 aliphatic rings. The Kier molecular flexibility index (Phi) is 5.14. The monoisotopic (exact) mass is 402 g/mol. The highest BCUT2D eigenvalue weighted by Gasteiger charge is 2.19. The van der Waals surface area contributed by atoms with Crippen LogP contribution in [0.3, 0.4) is 0 Å². The Morgan fingerprint density at radius 2 is 1.60 bits per heavy atom. The molecule has 0 saturated heterocycles. The summed E-state index contributed by atoms with van der Waals surface area (Å²) in [5.74, 6) is 1.05. The minimum atomic E-state index is -0.328. The number of fused-ring (bicyclic) bond motifs is 1. The molecule has 0 aliphatic heterocycles. The van der Waals surface area contributed by atoms with E-state index in [4.69, 9.17) is 13.9 Å². The van der Waals surface area contributed by atoms with Crippen molar-refractivity contribution in [3.8, 4) is 23.0 Å². The Balaban J connectivity index is 1.66. The van der Waals surface area contributed by atoms with Crippen LogP contribution in [-0.4, -0.2) is 25.1 Å². The fourth-order valence-corrected chi connectivity index (χ4v) is 3.30. The second kappa shape index (κ2) is 7.91. The molecule has 0 fully saturated rings. The lowest BCUT2D eigenvalue weighted by atomic mass is 10.1. The van der Waals surface area contributed by atoms with Gasteiger partial charge in [-0.25, -0.2) is 4.98 Å². The van der Waals surface area contributed by atoms with Gasteiger partial charge in [0.1, 0.15) is 22.6 Å². The maximum Gasteiger partial charge on any atom is 0.263 e. The zero-order valence-corrected chi connectivity index (χ0v) is 17.3. The number of ether oxygens (including phenoxy) is 2. The van der Waals surface area contributed by atoms with Crippen LogP contribution in [0.4, 0.5) is 5.69 Å². The minimum Gasteiger partial charge on any atom is -0.496 e. The van der Waals surface area contributed by atoms with Crippen molar-refractivity contribution in [3.63, 3.8) is 0 Å². The van der Waals surface area contributed by atoms with Crippen LogP contribution in [0.5, 0.6) is 11.5 Å². The maximum absolute atomic E-state index is 12.9. The average molecular weight is 402 g/mol.